The first-order chi connectivity index (χ1) is 9.40. The standard InChI is InChI=1S/C14H18N4O2/c1-9(2)18-6-5-17(14(18)20)8-11-4-3-10(13(16)19)7-12(11)15/h3-7,9H,8,15H2,1-2H3,(H2,16,19). The van der Waals surface area contributed by atoms with E-state index < -0.39 is 5.91 Å². The molecule has 2 aromatic rings. The molecule has 0 atom stereocenters. The molecule has 6 heteroatoms. The molecule has 0 aliphatic heterocycles. The zero-order valence-corrected chi connectivity index (χ0v) is 11.5. The van der Waals surface area contributed by atoms with Gasteiger partial charge in [0.2, 0.25) is 5.91 Å². The van der Waals surface area contributed by atoms with Gasteiger partial charge in [0.1, 0.15) is 0 Å². The number of nitrogen functional groups attached to an aromatic ring is 1. The van der Waals surface area contributed by atoms with Crippen LogP contribution >= 0.6 is 0 Å². The molecule has 4 N–H and O–H groups in total. The van der Waals surface area contributed by atoms with Crippen LogP contribution in [0.1, 0.15) is 35.8 Å². The van der Waals surface area contributed by atoms with Crippen molar-refractivity contribution >= 4 is 11.6 Å². The highest BCUT2D eigenvalue weighted by atomic mass is 16.2. The zero-order chi connectivity index (χ0) is 14.9. The number of rotatable bonds is 4. The van der Waals surface area contributed by atoms with Gasteiger partial charge < -0.3 is 11.5 Å². The number of carbonyl (C=O) groups excluding carboxylic acids is 1. The maximum absolute atomic E-state index is 12.1. The fourth-order valence-corrected chi connectivity index (χ4v) is 2.02. The Labute approximate surface area is 116 Å². The highest BCUT2D eigenvalue weighted by molar-refractivity contribution is 5.93. The van der Waals surface area contributed by atoms with Gasteiger partial charge in [-0.3, -0.25) is 13.9 Å². The first-order valence-corrected chi connectivity index (χ1v) is 6.35. The molecule has 106 valence electrons. The zero-order valence-electron chi connectivity index (χ0n) is 11.5. The topological polar surface area (TPSA) is 96.0 Å². The van der Waals surface area contributed by atoms with Gasteiger partial charge in [-0.15, -0.1) is 0 Å². The molecule has 0 aliphatic carbocycles. The molecular weight excluding hydrogens is 256 g/mol. The molecule has 0 spiro atoms. The van der Waals surface area contributed by atoms with Crippen LogP contribution < -0.4 is 17.2 Å². The van der Waals surface area contributed by atoms with Crippen molar-refractivity contribution in [1.82, 2.24) is 9.13 Å². The summed E-state index contributed by atoms with van der Waals surface area (Å²) in [7, 11) is 0. The second kappa shape index (κ2) is 5.24. The second-order valence-electron chi connectivity index (χ2n) is 4.99. The lowest BCUT2D eigenvalue weighted by Crippen LogP contribution is -2.25. The maximum atomic E-state index is 12.1. The van der Waals surface area contributed by atoms with Crippen molar-refractivity contribution in [3.8, 4) is 0 Å². The lowest BCUT2D eigenvalue weighted by Gasteiger charge is -2.08. The van der Waals surface area contributed by atoms with Crippen molar-refractivity contribution in [2.75, 3.05) is 5.73 Å². The molecule has 0 aliphatic rings. The average Bonchev–Trinajstić information content (AvgIpc) is 2.73. The minimum absolute atomic E-state index is 0.0848. The van der Waals surface area contributed by atoms with Crippen molar-refractivity contribution in [1.29, 1.82) is 0 Å². The number of nitrogens with zero attached hydrogens (tertiary/aromatic N) is 2. The highest BCUT2D eigenvalue weighted by Crippen LogP contribution is 2.15. The summed E-state index contributed by atoms with van der Waals surface area (Å²) in [5, 5.41) is 0. The molecule has 1 amide bonds. The number of primary amides is 1. The predicted molar refractivity (Wildman–Crippen MR) is 77.6 cm³/mol. The van der Waals surface area contributed by atoms with E-state index in [2.05, 4.69) is 0 Å². The van der Waals surface area contributed by atoms with Crippen LogP contribution in [0.5, 0.6) is 0 Å². The smallest absolute Gasteiger partial charge is 0.328 e. The number of amides is 1. The Morgan fingerprint density at radius 2 is 2.00 bits per heavy atom. The maximum Gasteiger partial charge on any atom is 0.328 e. The first-order valence-electron chi connectivity index (χ1n) is 6.35. The summed E-state index contributed by atoms with van der Waals surface area (Å²) >= 11 is 0. The lowest BCUT2D eigenvalue weighted by atomic mass is 10.1. The van der Waals surface area contributed by atoms with Crippen LogP contribution in [0.2, 0.25) is 0 Å². The van der Waals surface area contributed by atoms with E-state index in [1.165, 1.54) is 6.07 Å². The minimum Gasteiger partial charge on any atom is -0.398 e. The third kappa shape index (κ3) is 2.59. The quantitative estimate of drug-likeness (QED) is 0.813. The van der Waals surface area contributed by atoms with Gasteiger partial charge in [-0.2, -0.15) is 0 Å². The van der Waals surface area contributed by atoms with E-state index in [0.717, 1.165) is 5.56 Å². The molecule has 0 radical (unpaired) electrons. The number of hydrogen-bond acceptors (Lipinski definition) is 3. The third-order valence-corrected chi connectivity index (χ3v) is 3.20. The Morgan fingerprint density at radius 3 is 2.50 bits per heavy atom. The van der Waals surface area contributed by atoms with Gasteiger partial charge in [0.25, 0.3) is 0 Å². The van der Waals surface area contributed by atoms with Crippen LogP contribution in [-0.2, 0) is 6.54 Å². The number of hydrogen-bond donors (Lipinski definition) is 2. The van der Waals surface area contributed by atoms with Crippen molar-refractivity contribution in [2.24, 2.45) is 5.73 Å². The first kappa shape index (κ1) is 13.9. The Kier molecular flexibility index (Phi) is 3.65. The summed E-state index contributed by atoms with van der Waals surface area (Å²) in [6, 6.07) is 4.97. The highest BCUT2D eigenvalue weighted by Gasteiger charge is 2.09. The Balaban J connectivity index is 2.31. The summed E-state index contributed by atoms with van der Waals surface area (Å²) in [6.45, 7) is 4.26. The SMILES string of the molecule is CC(C)n1ccn(Cc2ccc(C(N)=O)cc2N)c1=O. The summed E-state index contributed by atoms with van der Waals surface area (Å²) in [4.78, 5) is 23.2. The van der Waals surface area contributed by atoms with E-state index >= 15 is 0 Å². The molecule has 0 saturated heterocycles. The van der Waals surface area contributed by atoms with E-state index in [9.17, 15) is 9.59 Å². The number of benzene rings is 1. The van der Waals surface area contributed by atoms with Crippen LogP contribution in [0.15, 0.2) is 35.4 Å². The summed E-state index contributed by atoms with van der Waals surface area (Å²) in [5.41, 5.74) is 12.6. The van der Waals surface area contributed by atoms with Gasteiger partial charge in [-0.25, -0.2) is 4.79 Å². The van der Waals surface area contributed by atoms with Crippen LogP contribution in [0.4, 0.5) is 5.69 Å². The van der Waals surface area contributed by atoms with E-state index in [-0.39, 0.29) is 11.7 Å². The Morgan fingerprint density at radius 1 is 1.30 bits per heavy atom. The van der Waals surface area contributed by atoms with Crippen molar-refractivity contribution in [3.63, 3.8) is 0 Å². The van der Waals surface area contributed by atoms with Gasteiger partial charge in [0.15, 0.2) is 0 Å². The summed E-state index contributed by atoms with van der Waals surface area (Å²) < 4.78 is 3.23. The van der Waals surface area contributed by atoms with Crippen LogP contribution in [0.3, 0.4) is 0 Å². The third-order valence-electron chi connectivity index (χ3n) is 3.20. The van der Waals surface area contributed by atoms with Gasteiger partial charge in [-0.1, -0.05) is 6.07 Å². The van der Waals surface area contributed by atoms with Crippen LogP contribution in [0, 0.1) is 0 Å². The molecule has 0 saturated carbocycles. The molecule has 0 bridgehead atoms. The monoisotopic (exact) mass is 274 g/mol. The molecule has 1 heterocycles. The molecule has 0 unspecified atom stereocenters. The molecule has 1 aromatic heterocycles. The Bertz CT molecular complexity index is 697. The molecule has 2 rings (SSSR count). The summed E-state index contributed by atoms with van der Waals surface area (Å²) in [5.74, 6) is -0.522. The molecule has 6 nitrogen and oxygen atoms in total. The van der Waals surface area contributed by atoms with E-state index in [1.54, 1.807) is 33.7 Å². The normalized spacial score (nSPS) is 10.9. The number of aromatic nitrogens is 2. The van der Waals surface area contributed by atoms with E-state index in [1.807, 2.05) is 13.8 Å². The van der Waals surface area contributed by atoms with Gasteiger partial charge in [0.05, 0.1) is 6.54 Å². The number of carbonyl (C=O) groups is 1. The fourth-order valence-electron chi connectivity index (χ4n) is 2.02. The fraction of sp³-hybridized carbons (Fsp3) is 0.286. The number of imidazole rings is 1. The van der Waals surface area contributed by atoms with Gasteiger partial charge in [-0.05, 0) is 31.5 Å². The van der Waals surface area contributed by atoms with E-state index in [4.69, 9.17) is 11.5 Å². The minimum atomic E-state index is -0.522. The van der Waals surface area contributed by atoms with Gasteiger partial charge >= 0.3 is 5.69 Å². The van der Waals surface area contributed by atoms with Crippen molar-refractivity contribution in [2.45, 2.75) is 26.4 Å². The number of nitrogens with two attached hydrogens (primary N) is 2. The lowest BCUT2D eigenvalue weighted by molar-refractivity contribution is 0.100. The largest absolute Gasteiger partial charge is 0.398 e. The van der Waals surface area contributed by atoms with E-state index in [0.29, 0.717) is 17.8 Å². The predicted octanol–water partition coefficient (Wildman–Crippen LogP) is 0.960. The van der Waals surface area contributed by atoms with Crippen LogP contribution in [-0.4, -0.2) is 15.0 Å². The average molecular weight is 274 g/mol. The summed E-state index contributed by atoms with van der Waals surface area (Å²) in [6.07, 6.45) is 3.48. The molecule has 1 aromatic carbocycles. The second-order valence-corrected chi connectivity index (χ2v) is 4.99. The molecule has 20 heavy (non-hydrogen) atoms. The van der Waals surface area contributed by atoms with Gasteiger partial charge in [0, 0.05) is 29.7 Å². The number of anilines is 1. The molecular formula is C14H18N4O2. The Hall–Kier alpha value is -2.50. The van der Waals surface area contributed by atoms with Crippen molar-refractivity contribution < 1.29 is 4.79 Å². The van der Waals surface area contributed by atoms with Crippen molar-refractivity contribution in [3.05, 3.63) is 52.2 Å². The van der Waals surface area contributed by atoms with Crippen LogP contribution in [0.25, 0.3) is 0 Å². The molecule has 0 fully saturated rings.